The van der Waals surface area contributed by atoms with E-state index in [1.807, 2.05) is 42.5 Å². The lowest BCUT2D eigenvalue weighted by atomic mass is 10.0. The molecule has 0 saturated heterocycles. The summed E-state index contributed by atoms with van der Waals surface area (Å²) in [6.07, 6.45) is 0.284. The van der Waals surface area contributed by atoms with Gasteiger partial charge in [0.1, 0.15) is 0 Å². The lowest BCUT2D eigenvalue weighted by Crippen LogP contribution is -2.25. The van der Waals surface area contributed by atoms with Gasteiger partial charge in [-0.1, -0.05) is 54.6 Å². The van der Waals surface area contributed by atoms with Gasteiger partial charge in [-0.3, -0.25) is 9.59 Å². The number of aliphatic carboxylic acids is 1. The highest BCUT2D eigenvalue weighted by molar-refractivity contribution is 5.78. The number of carboxylic acids is 1. The molecule has 4 heteroatoms. The van der Waals surface area contributed by atoms with Gasteiger partial charge < -0.3 is 10.4 Å². The van der Waals surface area contributed by atoms with Crippen LogP contribution in [0.4, 0.5) is 0 Å². The fraction of sp³-hybridized carbons (Fsp3) is 0.176. The van der Waals surface area contributed by atoms with Crippen LogP contribution in [0.3, 0.4) is 0 Å². The molecule has 0 heterocycles. The van der Waals surface area contributed by atoms with Gasteiger partial charge in [0, 0.05) is 6.54 Å². The van der Waals surface area contributed by atoms with Crippen molar-refractivity contribution >= 4 is 11.9 Å². The third-order valence-electron chi connectivity index (χ3n) is 3.14. The smallest absolute Gasteiger partial charge is 0.307 e. The van der Waals surface area contributed by atoms with E-state index >= 15 is 0 Å². The number of nitrogens with one attached hydrogen (secondary N) is 1. The second-order valence-corrected chi connectivity index (χ2v) is 4.78. The summed E-state index contributed by atoms with van der Waals surface area (Å²) < 4.78 is 0. The molecular weight excluding hydrogens is 266 g/mol. The minimum absolute atomic E-state index is 0.0370. The maximum atomic E-state index is 11.9. The van der Waals surface area contributed by atoms with Crippen LogP contribution < -0.4 is 5.32 Å². The van der Waals surface area contributed by atoms with Crippen LogP contribution >= 0.6 is 0 Å². The topological polar surface area (TPSA) is 66.4 Å². The van der Waals surface area contributed by atoms with Crippen LogP contribution in [0.2, 0.25) is 0 Å². The van der Waals surface area contributed by atoms with E-state index in [9.17, 15) is 9.59 Å². The Morgan fingerprint density at radius 2 is 1.48 bits per heavy atom. The van der Waals surface area contributed by atoms with Crippen molar-refractivity contribution < 1.29 is 14.7 Å². The SMILES string of the molecule is O=C(O)Cc1ccccc1CNC(=O)Cc1ccccc1. The van der Waals surface area contributed by atoms with Crippen molar-refractivity contribution in [2.75, 3.05) is 0 Å². The van der Waals surface area contributed by atoms with Crippen LogP contribution in [0.1, 0.15) is 16.7 Å². The monoisotopic (exact) mass is 283 g/mol. The number of carbonyl (C=O) groups is 2. The van der Waals surface area contributed by atoms with Gasteiger partial charge in [-0.15, -0.1) is 0 Å². The first-order valence-corrected chi connectivity index (χ1v) is 6.74. The van der Waals surface area contributed by atoms with Crippen molar-refractivity contribution in [2.45, 2.75) is 19.4 Å². The number of rotatable bonds is 6. The highest BCUT2D eigenvalue weighted by Crippen LogP contribution is 2.09. The number of carboxylic acid groups (broad SMARTS) is 1. The molecule has 2 N–H and O–H groups in total. The molecule has 4 nitrogen and oxygen atoms in total. The Morgan fingerprint density at radius 3 is 2.14 bits per heavy atom. The van der Waals surface area contributed by atoms with Gasteiger partial charge in [0.05, 0.1) is 12.8 Å². The van der Waals surface area contributed by atoms with Crippen molar-refractivity contribution in [3.63, 3.8) is 0 Å². The van der Waals surface area contributed by atoms with Gasteiger partial charge in [-0.2, -0.15) is 0 Å². The molecule has 0 spiro atoms. The number of hydrogen-bond acceptors (Lipinski definition) is 2. The summed E-state index contributed by atoms with van der Waals surface area (Å²) in [6, 6.07) is 16.7. The van der Waals surface area contributed by atoms with E-state index in [2.05, 4.69) is 5.32 Å². The predicted molar refractivity (Wildman–Crippen MR) is 79.8 cm³/mol. The molecule has 108 valence electrons. The Hall–Kier alpha value is -2.62. The van der Waals surface area contributed by atoms with E-state index in [-0.39, 0.29) is 12.3 Å². The fourth-order valence-corrected chi connectivity index (χ4v) is 2.10. The number of carbonyl (C=O) groups excluding carboxylic acids is 1. The zero-order chi connectivity index (χ0) is 15.1. The molecule has 2 aromatic carbocycles. The van der Waals surface area contributed by atoms with Crippen LogP contribution in [-0.2, 0) is 29.0 Å². The quantitative estimate of drug-likeness (QED) is 0.854. The van der Waals surface area contributed by atoms with E-state index in [0.717, 1.165) is 16.7 Å². The van der Waals surface area contributed by atoms with Gasteiger partial charge in [-0.05, 0) is 16.7 Å². The van der Waals surface area contributed by atoms with Crippen LogP contribution in [-0.4, -0.2) is 17.0 Å². The molecule has 0 aliphatic carbocycles. The van der Waals surface area contributed by atoms with Crippen LogP contribution in [0.25, 0.3) is 0 Å². The second-order valence-electron chi connectivity index (χ2n) is 4.78. The zero-order valence-corrected chi connectivity index (χ0v) is 11.6. The molecule has 0 aromatic heterocycles. The standard InChI is InChI=1S/C17H17NO3/c19-16(10-13-6-2-1-3-7-13)18-12-15-9-5-4-8-14(15)11-17(20)21/h1-9H,10-12H2,(H,18,19)(H,20,21). The molecule has 0 radical (unpaired) electrons. The predicted octanol–water partition coefficient (Wildman–Crippen LogP) is 2.17. The molecule has 0 unspecified atom stereocenters. The lowest BCUT2D eigenvalue weighted by Gasteiger charge is -2.09. The van der Waals surface area contributed by atoms with Gasteiger partial charge >= 0.3 is 5.97 Å². The van der Waals surface area contributed by atoms with E-state index < -0.39 is 5.97 Å². The maximum absolute atomic E-state index is 11.9. The first-order valence-electron chi connectivity index (χ1n) is 6.74. The summed E-state index contributed by atoms with van der Waals surface area (Å²) in [5.74, 6) is -0.954. The molecule has 21 heavy (non-hydrogen) atoms. The van der Waals surface area contributed by atoms with E-state index in [4.69, 9.17) is 5.11 Å². The second kappa shape index (κ2) is 7.24. The molecule has 2 aromatic rings. The Labute approximate surface area is 123 Å². The number of amides is 1. The van der Waals surface area contributed by atoms with Gasteiger partial charge in [0.15, 0.2) is 0 Å². The maximum Gasteiger partial charge on any atom is 0.307 e. The fourth-order valence-electron chi connectivity index (χ4n) is 2.10. The van der Waals surface area contributed by atoms with Crippen molar-refractivity contribution in [3.05, 3.63) is 71.3 Å². The summed E-state index contributed by atoms with van der Waals surface area (Å²) in [7, 11) is 0. The van der Waals surface area contributed by atoms with Gasteiger partial charge in [0.2, 0.25) is 5.91 Å². The normalized spacial score (nSPS) is 10.1. The molecule has 0 bridgehead atoms. The summed E-state index contributed by atoms with van der Waals surface area (Å²) >= 11 is 0. The molecule has 1 amide bonds. The van der Waals surface area contributed by atoms with Gasteiger partial charge in [0.25, 0.3) is 0 Å². The zero-order valence-electron chi connectivity index (χ0n) is 11.6. The van der Waals surface area contributed by atoms with Crippen LogP contribution in [0.5, 0.6) is 0 Å². The van der Waals surface area contributed by atoms with Crippen molar-refractivity contribution in [3.8, 4) is 0 Å². The summed E-state index contributed by atoms with van der Waals surface area (Å²) in [6.45, 7) is 0.342. The molecule has 0 aliphatic rings. The average Bonchev–Trinajstić information content (AvgIpc) is 2.47. The molecule has 0 aliphatic heterocycles. The molecule has 0 fully saturated rings. The van der Waals surface area contributed by atoms with Crippen LogP contribution in [0, 0.1) is 0 Å². The summed E-state index contributed by atoms with van der Waals surface area (Å²) in [5, 5.41) is 11.7. The lowest BCUT2D eigenvalue weighted by molar-refractivity contribution is -0.136. The Morgan fingerprint density at radius 1 is 0.857 bits per heavy atom. The largest absolute Gasteiger partial charge is 0.481 e. The highest BCUT2D eigenvalue weighted by atomic mass is 16.4. The van der Waals surface area contributed by atoms with E-state index in [1.165, 1.54) is 0 Å². The molecule has 0 saturated carbocycles. The number of hydrogen-bond donors (Lipinski definition) is 2. The van der Waals surface area contributed by atoms with Crippen molar-refractivity contribution in [1.29, 1.82) is 0 Å². The third-order valence-corrected chi connectivity index (χ3v) is 3.14. The first kappa shape index (κ1) is 14.8. The summed E-state index contributed by atoms with van der Waals surface area (Å²) in [5.41, 5.74) is 2.51. The molecular formula is C17H17NO3. The third kappa shape index (κ3) is 4.76. The van der Waals surface area contributed by atoms with Crippen LogP contribution in [0.15, 0.2) is 54.6 Å². The molecule has 2 rings (SSSR count). The average molecular weight is 283 g/mol. The summed E-state index contributed by atoms with van der Waals surface area (Å²) in [4.78, 5) is 22.7. The first-order chi connectivity index (χ1) is 10.1. The Kier molecular flexibility index (Phi) is 5.10. The molecule has 0 atom stereocenters. The Balaban J connectivity index is 1.93. The highest BCUT2D eigenvalue weighted by Gasteiger charge is 2.08. The van der Waals surface area contributed by atoms with Crippen molar-refractivity contribution in [2.24, 2.45) is 0 Å². The van der Waals surface area contributed by atoms with Gasteiger partial charge in [-0.25, -0.2) is 0 Å². The number of benzene rings is 2. The van der Waals surface area contributed by atoms with Crippen molar-refractivity contribution in [1.82, 2.24) is 5.32 Å². The minimum Gasteiger partial charge on any atom is -0.481 e. The minimum atomic E-state index is -0.877. The Bertz CT molecular complexity index is 623. The van der Waals surface area contributed by atoms with E-state index in [0.29, 0.717) is 13.0 Å². The van der Waals surface area contributed by atoms with E-state index in [1.54, 1.807) is 12.1 Å².